The van der Waals surface area contributed by atoms with Crippen LogP contribution in [0, 0.1) is 27.7 Å². The summed E-state index contributed by atoms with van der Waals surface area (Å²) in [5, 5.41) is 3.28. The van der Waals surface area contributed by atoms with Gasteiger partial charge in [0.25, 0.3) is 0 Å². The monoisotopic (exact) mass is 241 g/mol. The lowest BCUT2D eigenvalue weighted by Gasteiger charge is -2.09. The van der Waals surface area contributed by atoms with Gasteiger partial charge >= 0.3 is 0 Å². The van der Waals surface area contributed by atoms with E-state index in [0.29, 0.717) is 5.95 Å². The van der Waals surface area contributed by atoms with Crippen molar-refractivity contribution < 1.29 is 0 Å². The van der Waals surface area contributed by atoms with Gasteiger partial charge in [0.1, 0.15) is 0 Å². The molecule has 0 bridgehead atoms. The first-order chi connectivity index (χ1) is 8.54. The van der Waals surface area contributed by atoms with E-state index >= 15 is 0 Å². The largest absolute Gasteiger partial charge is 0.350 e. The maximum atomic E-state index is 4.37. The van der Waals surface area contributed by atoms with Gasteiger partial charge in [-0.25, -0.2) is 9.97 Å². The third-order valence-electron chi connectivity index (χ3n) is 2.92. The zero-order valence-electron chi connectivity index (χ0n) is 11.4. The molecular weight excluding hydrogens is 222 g/mol. The second-order valence-corrected chi connectivity index (χ2v) is 4.76. The van der Waals surface area contributed by atoms with Gasteiger partial charge < -0.3 is 5.32 Å². The third kappa shape index (κ3) is 3.06. The Labute approximate surface area is 108 Å². The Morgan fingerprint density at radius 2 is 1.61 bits per heavy atom. The van der Waals surface area contributed by atoms with Gasteiger partial charge in [-0.3, -0.25) is 0 Å². The Morgan fingerprint density at radius 3 is 2.22 bits per heavy atom. The molecule has 18 heavy (non-hydrogen) atoms. The van der Waals surface area contributed by atoms with Crippen molar-refractivity contribution in [3.63, 3.8) is 0 Å². The van der Waals surface area contributed by atoms with Crippen LogP contribution in [0.4, 0.5) is 5.95 Å². The van der Waals surface area contributed by atoms with E-state index in [1.165, 1.54) is 16.7 Å². The first kappa shape index (κ1) is 12.6. The van der Waals surface area contributed by atoms with Gasteiger partial charge in [-0.2, -0.15) is 0 Å². The van der Waals surface area contributed by atoms with Crippen molar-refractivity contribution in [1.82, 2.24) is 9.97 Å². The van der Waals surface area contributed by atoms with E-state index in [0.717, 1.165) is 17.9 Å². The summed E-state index contributed by atoms with van der Waals surface area (Å²) in [6.45, 7) is 8.96. The predicted octanol–water partition coefficient (Wildman–Crippen LogP) is 3.32. The highest BCUT2D eigenvalue weighted by molar-refractivity contribution is 5.35. The van der Waals surface area contributed by atoms with Gasteiger partial charge in [0.2, 0.25) is 5.95 Å². The van der Waals surface area contributed by atoms with E-state index in [2.05, 4.69) is 47.3 Å². The molecule has 0 saturated heterocycles. The topological polar surface area (TPSA) is 37.8 Å². The number of benzene rings is 1. The van der Waals surface area contributed by atoms with E-state index < -0.39 is 0 Å². The number of rotatable bonds is 3. The molecule has 2 rings (SSSR count). The lowest BCUT2D eigenvalue weighted by Crippen LogP contribution is -2.06. The van der Waals surface area contributed by atoms with Crippen LogP contribution in [0.1, 0.15) is 28.1 Å². The fourth-order valence-electron chi connectivity index (χ4n) is 2.02. The van der Waals surface area contributed by atoms with Crippen LogP contribution in [0.3, 0.4) is 0 Å². The van der Waals surface area contributed by atoms with Gasteiger partial charge in [0.05, 0.1) is 0 Å². The highest BCUT2D eigenvalue weighted by Crippen LogP contribution is 2.12. The zero-order chi connectivity index (χ0) is 13.1. The minimum absolute atomic E-state index is 0.701. The number of nitrogens with one attached hydrogen (secondary N) is 1. The van der Waals surface area contributed by atoms with Gasteiger partial charge in [-0.15, -0.1) is 0 Å². The lowest BCUT2D eigenvalue weighted by atomic mass is 10.1. The molecule has 0 atom stereocenters. The molecule has 2 aromatic rings. The fourth-order valence-corrected chi connectivity index (χ4v) is 2.02. The van der Waals surface area contributed by atoms with Crippen LogP contribution in [-0.4, -0.2) is 9.97 Å². The van der Waals surface area contributed by atoms with E-state index in [-0.39, 0.29) is 0 Å². The maximum Gasteiger partial charge on any atom is 0.223 e. The second-order valence-electron chi connectivity index (χ2n) is 4.76. The van der Waals surface area contributed by atoms with E-state index in [4.69, 9.17) is 0 Å². The Morgan fingerprint density at radius 1 is 0.944 bits per heavy atom. The Hall–Kier alpha value is -1.90. The summed E-state index contributed by atoms with van der Waals surface area (Å²) in [6, 6.07) is 8.45. The summed E-state index contributed by atoms with van der Waals surface area (Å²) in [7, 11) is 0. The summed E-state index contributed by atoms with van der Waals surface area (Å²) >= 11 is 0. The van der Waals surface area contributed by atoms with Crippen molar-refractivity contribution in [2.75, 3.05) is 5.32 Å². The molecule has 3 heteroatoms. The summed E-state index contributed by atoms with van der Waals surface area (Å²) in [5.74, 6) is 0.701. The summed E-state index contributed by atoms with van der Waals surface area (Å²) in [4.78, 5) is 8.75. The van der Waals surface area contributed by atoms with E-state index in [1.807, 2.05) is 19.9 Å². The number of nitrogens with zero attached hydrogens (tertiary/aromatic N) is 2. The molecule has 1 aromatic heterocycles. The molecular formula is C15H19N3. The van der Waals surface area contributed by atoms with Gasteiger partial charge in [0.15, 0.2) is 0 Å². The van der Waals surface area contributed by atoms with Crippen LogP contribution in [0.15, 0.2) is 24.3 Å². The highest BCUT2D eigenvalue weighted by atomic mass is 15.1. The summed E-state index contributed by atoms with van der Waals surface area (Å²) in [6.07, 6.45) is 0. The number of hydrogen-bond acceptors (Lipinski definition) is 3. The molecule has 0 spiro atoms. The molecule has 94 valence electrons. The van der Waals surface area contributed by atoms with Gasteiger partial charge in [0, 0.05) is 17.9 Å². The van der Waals surface area contributed by atoms with Crippen molar-refractivity contribution in [2.24, 2.45) is 0 Å². The Balaban J connectivity index is 2.11. The van der Waals surface area contributed by atoms with Gasteiger partial charge in [-0.05, 0) is 44.9 Å². The van der Waals surface area contributed by atoms with Crippen LogP contribution in [0.25, 0.3) is 0 Å². The first-order valence-corrected chi connectivity index (χ1v) is 6.17. The molecule has 0 fully saturated rings. The quantitative estimate of drug-likeness (QED) is 0.895. The third-order valence-corrected chi connectivity index (χ3v) is 2.92. The number of aromatic nitrogens is 2. The summed E-state index contributed by atoms with van der Waals surface area (Å²) < 4.78 is 0. The normalized spacial score (nSPS) is 10.4. The lowest BCUT2D eigenvalue weighted by molar-refractivity contribution is 0.997. The fraction of sp³-hybridized carbons (Fsp3) is 0.333. The predicted molar refractivity (Wildman–Crippen MR) is 74.7 cm³/mol. The molecule has 0 aliphatic carbocycles. The molecule has 0 aliphatic heterocycles. The highest BCUT2D eigenvalue weighted by Gasteiger charge is 2.01. The smallest absolute Gasteiger partial charge is 0.223 e. The molecule has 0 unspecified atom stereocenters. The van der Waals surface area contributed by atoms with Crippen LogP contribution in [-0.2, 0) is 6.54 Å². The molecule has 0 saturated carbocycles. The van der Waals surface area contributed by atoms with Crippen LogP contribution >= 0.6 is 0 Å². The van der Waals surface area contributed by atoms with Crippen molar-refractivity contribution in [1.29, 1.82) is 0 Å². The number of hydrogen-bond donors (Lipinski definition) is 1. The number of aryl methyl sites for hydroxylation is 4. The van der Waals surface area contributed by atoms with Crippen LogP contribution < -0.4 is 5.32 Å². The summed E-state index contributed by atoms with van der Waals surface area (Å²) in [5.41, 5.74) is 5.85. The molecule has 1 N–H and O–H groups in total. The van der Waals surface area contributed by atoms with Crippen molar-refractivity contribution in [2.45, 2.75) is 34.2 Å². The molecule has 0 amide bonds. The van der Waals surface area contributed by atoms with Crippen LogP contribution in [0.5, 0.6) is 0 Å². The molecule has 3 nitrogen and oxygen atoms in total. The first-order valence-electron chi connectivity index (χ1n) is 6.17. The van der Waals surface area contributed by atoms with E-state index in [9.17, 15) is 0 Å². The Kier molecular flexibility index (Phi) is 3.60. The van der Waals surface area contributed by atoms with E-state index in [1.54, 1.807) is 0 Å². The van der Waals surface area contributed by atoms with Crippen LogP contribution in [0.2, 0.25) is 0 Å². The van der Waals surface area contributed by atoms with Crippen molar-refractivity contribution in [3.05, 3.63) is 52.3 Å². The van der Waals surface area contributed by atoms with Gasteiger partial charge in [-0.1, -0.05) is 23.8 Å². The van der Waals surface area contributed by atoms with Crippen molar-refractivity contribution in [3.8, 4) is 0 Å². The van der Waals surface area contributed by atoms with Crippen molar-refractivity contribution >= 4 is 5.95 Å². The number of anilines is 1. The average Bonchev–Trinajstić information content (AvgIpc) is 2.26. The average molecular weight is 241 g/mol. The molecule has 0 radical (unpaired) electrons. The maximum absolute atomic E-state index is 4.37. The minimum atomic E-state index is 0.701. The standard InChI is InChI=1S/C15H19N3/c1-10-5-6-14(11(2)7-10)9-16-15-17-12(3)8-13(4)18-15/h5-8H,9H2,1-4H3,(H,16,17,18). The Bertz CT molecular complexity index is 541. The molecule has 1 aromatic carbocycles. The zero-order valence-corrected chi connectivity index (χ0v) is 11.4. The minimum Gasteiger partial charge on any atom is -0.350 e. The molecule has 0 aliphatic rings. The SMILES string of the molecule is Cc1ccc(CNc2nc(C)cc(C)n2)c(C)c1. The second kappa shape index (κ2) is 5.17. The molecule has 1 heterocycles.